The standard InChI is InChI=1S/C16H16BrN3/c1-10-5-14-16(6-11(10)2)20(9-19-14)15-4-3-13(17)7-12(15)8-18/h3-7,9H,8,18H2,1-2H3. The van der Waals surface area contributed by atoms with Gasteiger partial charge in [0, 0.05) is 11.0 Å². The van der Waals surface area contributed by atoms with Crippen molar-refractivity contribution in [2.24, 2.45) is 5.73 Å². The lowest BCUT2D eigenvalue weighted by molar-refractivity contribution is 0.998. The molecule has 0 aliphatic rings. The molecule has 0 radical (unpaired) electrons. The van der Waals surface area contributed by atoms with E-state index in [0.29, 0.717) is 6.54 Å². The van der Waals surface area contributed by atoms with Crippen LogP contribution in [0.1, 0.15) is 16.7 Å². The highest BCUT2D eigenvalue weighted by Gasteiger charge is 2.10. The highest BCUT2D eigenvalue weighted by molar-refractivity contribution is 9.10. The molecule has 0 amide bonds. The summed E-state index contributed by atoms with van der Waals surface area (Å²) in [7, 11) is 0. The number of nitrogens with two attached hydrogens (primary N) is 1. The molecule has 0 fully saturated rings. The van der Waals surface area contributed by atoms with Gasteiger partial charge in [-0.2, -0.15) is 0 Å². The summed E-state index contributed by atoms with van der Waals surface area (Å²) in [4.78, 5) is 4.51. The van der Waals surface area contributed by atoms with E-state index in [0.717, 1.165) is 26.8 Å². The van der Waals surface area contributed by atoms with Gasteiger partial charge < -0.3 is 5.73 Å². The Balaban J connectivity index is 2.27. The molecule has 0 aliphatic carbocycles. The van der Waals surface area contributed by atoms with Crippen molar-refractivity contribution >= 4 is 27.0 Å². The Morgan fingerprint density at radius 2 is 1.90 bits per heavy atom. The normalized spacial score (nSPS) is 11.2. The second kappa shape index (κ2) is 5.04. The van der Waals surface area contributed by atoms with Gasteiger partial charge in [-0.05, 0) is 60.9 Å². The third-order valence-corrected chi connectivity index (χ3v) is 4.18. The molecular weight excluding hydrogens is 314 g/mol. The number of hydrogen-bond donors (Lipinski definition) is 1. The van der Waals surface area contributed by atoms with Crippen LogP contribution in [-0.2, 0) is 6.54 Å². The van der Waals surface area contributed by atoms with E-state index in [1.807, 2.05) is 12.4 Å². The number of aryl methyl sites for hydroxylation is 2. The van der Waals surface area contributed by atoms with Crippen LogP contribution in [-0.4, -0.2) is 9.55 Å². The zero-order chi connectivity index (χ0) is 14.3. The molecule has 102 valence electrons. The zero-order valence-corrected chi connectivity index (χ0v) is 13.1. The van der Waals surface area contributed by atoms with Crippen molar-refractivity contribution in [1.82, 2.24) is 9.55 Å². The summed E-state index contributed by atoms with van der Waals surface area (Å²) in [6.45, 7) is 4.73. The summed E-state index contributed by atoms with van der Waals surface area (Å²) < 4.78 is 3.15. The van der Waals surface area contributed by atoms with Gasteiger partial charge in [-0.1, -0.05) is 15.9 Å². The van der Waals surface area contributed by atoms with Crippen molar-refractivity contribution in [3.05, 3.63) is 57.8 Å². The molecule has 0 atom stereocenters. The lowest BCUT2D eigenvalue weighted by Crippen LogP contribution is -2.04. The first kappa shape index (κ1) is 13.3. The van der Waals surface area contributed by atoms with Crippen LogP contribution in [0.5, 0.6) is 0 Å². The fourth-order valence-corrected chi connectivity index (χ4v) is 2.82. The van der Waals surface area contributed by atoms with Crippen molar-refractivity contribution in [3.63, 3.8) is 0 Å². The first-order valence-electron chi connectivity index (χ1n) is 6.53. The number of aromatic nitrogens is 2. The summed E-state index contributed by atoms with van der Waals surface area (Å²) >= 11 is 3.49. The van der Waals surface area contributed by atoms with E-state index in [4.69, 9.17) is 5.73 Å². The Morgan fingerprint density at radius 1 is 1.15 bits per heavy atom. The van der Waals surface area contributed by atoms with E-state index in [1.54, 1.807) is 0 Å². The fourth-order valence-electron chi connectivity index (χ4n) is 2.41. The highest BCUT2D eigenvalue weighted by atomic mass is 79.9. The molecule has 3 aromatic rings. The molecule has 0 saturated heterocycles. The minimum atomic E-state index is 0.499. The van der Waals surface area contributed by atoms with E-state index in [2.05, 4.69) is 63.6 Å². The number of rotatable bonds is 2. The molecule has 0 bridgehead atoms. The molecule has 3 nitrogen and oxygen atoms in total. The van der Waals surface area contributed by atoms with Crippen LogP contribution in [0.4, 0.5) is 0 Å². The van der Waals surface area contributed by atoms with Gasteiger partial charge in [0.05, 0.1) is 16.7 Å². The van der Waals surface area contributed by atoms with Crippen LogP contribution in [0.2, 0.25) is 0 Å². The number of fused-ring (bicyclic) bond motifs is 1. The number of imidazole rings is 1. The summed E-state index contributed by atoms with van der Waals surface area (Å²) in [5, 5.41) is 0. The summed E-state index contributed by atoms with van der Waals surface area (Å²) in [6.07, 6.45) is 1.87. The third-order valence-electron chi connectivity index (χ3n) is 3.68. The van der Waals surface area contributed by atoms with Crippen LogP contribution in [0, 0.1) is 13.8 Å². The van der Waals surface area contributed by atoms with Gasteiger partial charge in [0.2, 0.25) is 0 Å². The van der Waals surface area contributed by atoms with Gasteiger partial charge in [0.15, 0.2) is 0 Å². The Labute approximate surface area is 126 Å². The maximum Gasteiger partial charge on any atom is 0.100 e. The average Bonchev–Trinajstić information content (AvgIpc) is 2.82. The van der Waals surface area contributed by atoms with Crippen LogP contribution >= 0.6 is 15.9 Å². The minimum Gasteiger partial charge on any atom is -0.326 e. The largest absolute Gasteiger partial charge is 0.326 e. The SMILES string of the molecule is Cc1cc2ncn(-c3ccc(Br)cc3CN)c2cc1C. The predicted molar refractivity (Wildman–Crippen MR) is 86.1 cm³/mol. The Morgan fingerprint density at radius 3 is 2.65 bits per heavy atom. The van der Waals surface area contributed by atoms with Crippen molar-refractivity contribution in [1.29, 1.82) is 0 Å². The zero-order valence-electron chi connectivity index (χ0n) is 11.5. The van der Waals surface area contributed by atoms with Crippen LogP contribution in [0.15, 0.2) is 41.1 Å². The molecule has 3 rings (SSSR count). The van der Waals surface area contributed by atoms with Crippen LogP contribution < -0.4 is 5.73 Å². The van der Waals surface area contributed by atoms with Crippen LogP contribution in [0.25, 0.3) is 16.7 Å². The highest BCUT2D eigenvalue weighted by Crippen LogP contribution is 2.25. The smallest absolute Gasteiger partial charge is 0.100 e. The van der Waals surface area contributed by atoms with E-state index in [9.17, 15) is 0 Å². The monoisotopic (exact) mass is 329 g/mol. The maximum atomic E-state index is 5.87. The molecule has 2 N–H and O–H groups in total. The predicted octanol–water partition coefficient (Wildman–Crippen LogP) is 3.86. The number of halogens is 1. The molecule has 1 heterocycles. The number of hydrogen-bond acceptors (Lipinski definition) is 2. The molecule has 20 heavy (non-hydrogen) atoms. The van der Waals surface area contributed by atoms with E-state index >= 15 is 0 Å². The molecule has 2 aromatic carbocycles. The maximum absolute atomic E-state index is 5.87. The van der Waals surface area contributed by atoms with E-state index in [-0.39, 0.29) is 0 Å². The lowest BCUT2D eigenvalue weighted by atomic mass is 10.1. The third kappa shape index (κ3) is 2.15. The summed E-state index contributed by atoms with van der Waals surface area (Å²) in [5.74, 6) is 0. The van der Waals surface area contributed by atoms with Crippen molar-refractivity contribution in [2.75, 3.05) is 0 Å². The van der Waals surface area contributed by atoms with Gasteiger partial charge >= 0.3 is 0 Å². The minimum absolute atomic E-state index is 0.499. The number of nitrogens with zero attached hydrogens (tertiary/aromatic N) is 2. The van der Waals surface area contributed by atoms with E-state index < -0.39 is 0 Å². The van der Waals surface area contributed by atoms with Gasteiger partial charge in [-0.3, -0.25) is 4.57 Å². The summed E-state index contributed by atoms with van der Waals surface area (Å²) in [5.41, 5.74) is 12.7. The van der Waals surface area contributed by atoms with Crippen LogP contribution in [0.3, 0.4) is 0 Å². The van der Waals surface area contributed by atoms with Gasteiger partial charge in [-0.25, -0.2) is 4.98 Å². The molecule has 1 aromatic heterocycles. The molecular formula is C16H16BrN3. The Bertz CT molecular complexity index is 790. The quantitative estimate of drug-likeness (QED) is 0.775. The van der Waals surface area contributed by atoms with Crippen molar-refractivity contribution in [2.45, 2.75) is 20.4 Å². The summed E-state index contributed by atoms with van der Waals surface area (Å²) in [6, 6.07) is 10.5. The number of benzene rings is 2. The first-order chi connectivity index (χ1) is 9.60. The first-order valence-corrected chi connectivity index (χ1v) is 7.32. The second-order valence-corrected chi connectivity index (χ2v) is 5.93. The van der Waals surface area contributed by atoms with Gasteiger partial charge in [0.1, 0.15) is 6.33 Å². The molecule has 0 spiro atoms. The topological polar surface area (TPSA) is 43.8 Å². The molecule has 0 unspecified atom stereocenters. The van der Waals surface area contributed by atoms with Gasteiger partial charge in [-0.15, -0.1) is 0 Å². The van der Waals surface area contributed by atoms with E-state index in [1.165, 1.54) is 11.1 Å². The van der Waals surface area contributed by atoms with Gasteiger partial charge in [0.25, 0.3) is 0 Å². The average molecular weight is 330 g/mol. The Kier molecular flexibility index (Phi) is 3.36. The lowest BCUT2D eigenvalue weighted by Gasteiger charge is -2.11. The molecule has 4 heteroatoms. The fraction of sp³-hybridized carbons (Fsp3) is 0.188. The van der Waals surface area contributed by atoms with Crippen molar-refractivity contribution in [3.8, 4) is 5.69 Å². The molecule has 0 saturated carbocycles. The molecule has 0 aliphatic heterocycles. The van der Waals surface area contributed by atoms with Crippen molar-refractivity contribution < 1.29 is 0 Å². The second-order valence-electron chi connectivity index (χ2n) is 5.02. The Hall–Kier alpha value is -1.65.